The molecule has 0 amide bonds. The number of hydrogen-bond acceptors (Lipinski definition) is 4. The number of aliphatic hydroxyl groups is 2. The van der Waals surface area contributed by atoms with Crippen LogP contribution < -0.4 is 4.90 Å². The van der Waals surface area contributed by atoms with Crippen molar-refractivity contribution in [1.82, 2.24) is 4.98 Å². The van der Waals surface area contributed by atoms with Gasteiger partial charge >= 0.3 is 0 Å². The summed E-state index contributed by atoms with van der Waals surface area (Å²) in [6.07, 6.45) is 5.15. The van der Waals surface area contributed by atoms with Crippen LogP contribution in [0.3, 0.4) is 0 Å². The molecular formula is C14H22N2O2. The molecule has 4 heteroatoms. The average Bonchev–Trinajstić information content (AvgIpc) is 2.76. The van der Waals surface area contributed by atoms with Crippen LogP contribution in [0.15, 0.2) is 18.3 Å². The Bertz CT molecular complexity index is 401. The maximum absolute atomic E-state index is 10.4. The maximum atomic E-state index is 10.4. The summed E-state index contributed by atoms with van der Waals surface area (Å²) in [4.78, 5) is 6.27. The van der Waals surface area contributed by atoms with Gasteiger partial charge in [-0.05, 0) is 37.5 Å². The van der Waals surface area contributed by atoms with Gasteiger partial charge in [0.15, 0.2) is 0 Å². The molecule has 100 valence electrons. The van der Waals surface area contributed by atoms with Crippen LogP contribution in [0.25, 0.3) is 0 Å². The molecule has 1 saturated carbocycles. The number of nitrogens with zero attached hydrogens (tertiary/aromatic N) is 2. The summed E-state index contributed by atoms with van der Waals surface area (Å²) in [5.74, 6) is 0.800. The van der Waals surface area contributed by atoms with E-state index < -0.39 is 11.7 Å². The number of likely N-dealkylation sites (N-methyl/N-ethyl adjacent to an activating group) is 1. The van der Waals surface area contributed by atoms with Gasteiger partial charge < -0.3 is 15.1 Å². The molecule has 0 saturated heterocycles. The molecule has 1 fully saturated rings. The second-order valence-electron chi connectivity index (χ2n) is 5.41. The highest BCUT2D eigenvalue weighted by Crippen LogP contribution is 2.31. The number of hydrogen-bond donors (Lipinski definition) is 2. The minimum absolute atomic E-state index is 0.491. The Balaban J connectivity index is 2.08. The summed E-state index contributed by atoms with van der Waals surface area (Å²) in [5, 5.41) is 20.0. The Hall–Kier alpha value is -1.13. The minimum atomic E-state index is -0.572. The van der Waals surface area contributed by atoms with Crippen LogP contribution in [0, 0.1) is 0 Å². The van der Waals surface area contributed by atoms with Gasteiger partial charge in [-0.15, -0.1) is 0 Å². The normalized spacial score (nSPS) is 19.8. The highest BCUT2D eigenvalue weighted by Gasteiger charge is 2.32. The molecule has 1 heterocycles. The molecule has 0 aliphatic heterocycles. The average molecular weight is 250 g/mol. The molecule has 0 spiro atoms. The quantitative estimate of drug-likeness (QED) is 0.856. The van der Waals surface area contributed by atoms with Crippen LogP contribution in [-0.4, -0.2) is 34.4 Å². The summed E-state index contributed by atoms with van der Waals surface area (Å²) in [6, 6.07) is 3.69. The molecule has 1 aliphatic rings. The molecule has 18 heavy (non-hydrogen) atoms. The second kappa shape index (κ2) is 5.24. The van der Waals surface area contributed by atoms with Crippen LogP contribution >= 0.6 is 0 Å². The number of rotatable bonds is 4. The van der Waals surface area contributed by atoms with Crippen LogP contribution in [0.5, 0.6) is 0 Å². The summed E-state index contributed by atoms with van der Waals surface area (Å²) < 4.78 is 0. The molecule has 1 aliphatic carbocycles. The fourth-order valence-corrected chi connectivity index (χ4v) is 2.62. The molecule has 2 N–H and O–H groups in total. The SMILES string of the molecule is C[C@@H](O)c1ccnc(N(C)CC2(O)CCCC2)c1. The first-order valence-electron chi connectivity index (χ1n) is 6.58. The molecule has 0 unspecified atom stereocenters. The van der Waals surface area contributed by atoms with E-state index >= 15 is 0 Å². The van der Waals surface area contributed by atoms with Crippen molar-refractivity contribution < 1.29 is 10.2 Å². The zero-order valence-corrected chi connectivity index (χ0v) is 11.1. The third-order valence-electron chi connectivity index (χ3n) is 3.71. The lowest BCUT2D eigenvalue weighted by Gasteiger charge is -2.29. The van der Waals surface area contributed by atoms with E-state index in [1.54, 1.807) is 13.1 Å². The van der Waals surface area contributed by atoms with E-state index in [0.717, 1.165) is 37.1 Å². The molecule has 1 atom stereocenters. The molecule has 0 radical (unpaired) electrons. The first kappa shape index (κ1) is 13.3. The van der Waals surface area contributed by atoms with E-state index in [2.05, 4.69) is 4.98 Å². The van der Waals surface area contributed by atoms with Crippen molar-refractivity contribution in [2.45, 2.75) is 44.3 Å². The smallest absolute Gasteiger partial charge is 0.128 e. The standard InChI is InChI=1S/C14H22N2O2/c1-11(17)12-5-8-15-13(9-12)16(2)10-14(18)6-3-4-7-14/h5,8-9,11,17-18H,3-4,6-7,10H2,1-2H3/t11-/m1/s1. The van der Waals surface area contributed by atoms with E-state index in [9.17, 15) is 10.2 Å². The van der Waals surface area contributed by atoms with E-state index in [-0.39, 0.29) is 0 Å². The van der Waals surface area contributed by atoms with Crippen molar-refractivity contribution in [1.29, 1.82) is 0 Å². The van der Waals surface area contributed by atoms with Crippen LogP contribution in [0.1, 0.15) is 44.3 Å². The Labute approximate surface area is 108 Å². The highest BCUT2D eigenvalue weighted by atomic mass is 16.3. The number of anilines is 1. The molecule has 0 bridgehead atoms. The van der Waals surface area contributed by atoms with E-state index in [1.807, 2.05) is 24.1 Å². The summed E-state index contributed by atoms with van der Waals surface area (Å²) in [7, 11) is 1.93. The molecule has 0 aromatic carbocycles. The third-order valence-corrected chi connectivity index (χ3v) is 3.71. The topological polar surface area (TPSA) is 56.6 Å². The fourth-order valence-electron chi connectivity index (χ4n) is 2.62. The number of pyridine rings is 1. The van der Waals surface area contributed by atoms with Gasteiger partial charge in [0.05, 0.1) is 11.7 Å². The van der Waals surface area contributed by atoms with Gasteiger partial charge in [0.2, 0.25) is 0 Å². The number of aromatic nitrogens is 1. The fraction of sp³-hybridized carbons (Fsp3) is 0.643. The second-order valence-corrected chi connectivity index (χ2v) is 5.41. The largest absolute Gasteiger partial charge is 0.389 e. The summed E-state index contributed by atoms with van der Waals surface area (Å²) in [6.45, 7) is 2.34. The van der Waals surface area contributed by atoms with Gasteiger partial charge in [-0.3, -0.25) is 0 Å². The number of aliphatic hydroxyl groups excluding tert-OH is 1. The predicted octanol–water partition coefficient (Wildman–Crippen LogP) is 1.88. The first-order valence-corrected chi connectivity index (χ1v) is 6.58. The van der Waals surface area contributed by atoms with Crippen molar-refractivity contribution in [2.75, 3.05) is 18.5 Å². The van der Waals surface area contributed by atoms with Crippen LogP contribution in [0.4, 0.5) is 5.82 Å². The third kappa shape index (κ3) is 3.00. The van der Waals surface area contributed by atoms with Gasteiger partial charge in [-0.1, -0.05) is 12.8 Å². The van der Waals surface area contributed by atoms with Gasteiger partial charge in [0.25, 0.3) is 0 Å². The lowest BCUT2D eigenvalue weighted by Crippen LogP contribution is -2.39. The molecule has 2 rings (SSSR count). The van der Waals surface area contributed by atoms with Gasteiger partial charge in [0, 0.05) is 19.8 Å². The van der Waals surface area contributed by atoms with Crippen molar-refractivity contribution >= 4 is 5.82 Å². The molecule has 1 aromatic rings. The minimum Gasteiger partial charge on any atom is -0.389 e. The summed E-state index contributed by atoms with van der Waals surface area (Å²) >= 11 is 0. The van der Waals surface area contributed by atoms with Crippen molar-refractivity contribution in [3.63, 3.8) is 0 Å². The first-order chi connectivity index (χ1) is 8.50. The van der Waals surface area contributed by atoms with E-state index in [0.29, 0.717) is 6.54 Å². The monoisotopic (exact) mass is 250 g/mol. The Morgan fingerprint density at radius 3 is 2.72 bits per heavy atom. The Kier molecular flexibility index (Phi) is 3.88. The summed E-state index contributed by atoms with van der Waals surface area (Å²) in [5.41, 5.74) is 0.280. The van der Waals surface area contributed by atoms with Crippen molar-refractivity contribution in [3.8, 4) is 0 Å². The van der Waals surface area contributed by atoms with Gasteiger partial charge in [0.1, 0.15) is 5.82 Å². The highest BCUT2D eigenvalue weighted by molar-refractivity contribution is 5.41. The maximum Gasteiger partial charge on any atom is 0.128 e. The van der Waals surface area contributed by atoms with E-state index in [1.165, 1.54) is 0 Å². The van der Waals surface area contributed by atoms with Gasteiger partial charge in [-0.2, -0.15) is 0 Å². The Morgan fingerprint density at radius 2 is 2.11 bits per heavy atom. The lowest BCUT2D eigenvalue weighted by molar-refractivity contribution is 0.0558. The van der Waals surface area contributed by atoms with E-state index in [4.69, 9.17) is 0 Å². The molecule has 4 nitrogen and oxygen atoms in total. The van der Waals surface area contributed by atoms with Crippen molar-refractivity contribution in [3.05, 3.63) is 23.9 Å². The lowest BCUT2D eigenvalue weighted by atomic mass is 10.0. The van der Waals surface area contributed by atoms with Crippen LogP contribution in [0.2, 0.25) is 0 Å². The van der Waals surface area contributed by atoms with Crippen molar-refractivity contribution in [2.24, 2.45) is 0 Å². The van der Waals surface area contributed by atoms with Gasteiger partial charge in [-0.25, -0.2) is 4.98 Å². The van der Waals surface area contributed by atoms with Crippen LogP contribution in [-0.2, 0) is 0 Å². The Morgan fingerprint density at radius 1 is 1.44 bits per heavy atom. The predicted molar refractivity (Wildman–Crippen MR) is 71.6 cm³/mol. The molecule has 1 aromatic heterocycles. The zero-order chi connectivity index (χ0) is 13.2. The molecular weight excluding hydrogens is 228 g/mol. The zero-order valence-electron chi connectivity index (χ0n) is 11.1.